The van der Waals surface area contributed by atoms with E-state index >= 15 is 0 Å². The van der Waals surface area contributed by atoms with Gasteiger partial charge in [-0.1, -0.05) is 18.5 Å². The number of piperazine rings is 1. The van der Waals surface area contributed by atoms with Crippen LogP contribution in [0.25, 0.3) is 0 Å². The molecule has 3 nitrogen and oxygen atoms in total. The van der Waals surface area contributed by atoms with E-state index in [0.717, 1.165) is 43.9 Å². The van der Waals surface area contributed by atoms with E-state index in [0.29, 0.717) is 5.02 Å². The molecule has 1 N–H and O–H groups in total. The summed E-state index contributed by atoms with van der Waals surface area (Å²) in [7, 11) is 0. The Hall–Kier alpha value is -0.900. The van der Waals surface area contributed by atoms with Crippen molar-refractivity contribution in [2.45, 2.75) is 13.8 Å². The van der Waals surface area contributed by atoms with E-state index in [2.05, 4.69) is 10.2 Å². The average Bonchev–Trinajstić information content (AvgIpc) is 2.42. The van der Waals surface area contributed by atoms with Crippen molar-refractivity contribution in [3.63, 3.8) is 0 Å². The first kappa shape index (κ1) is 14.5. The minimum absolute atomic E-state index is 0.0266. The van der Waals surface area contributed by atoms with Crippen LogP contribution in [0.4, 0.5) is 0 Å². The molecule has 0 bridgehead atoms. The van der Waals surface area contributed by atoms with E-state index in [1.807, 2.05) is 32.0 Å². The van der Waals surface area contributed by atoms with Crippen molar-refractivity contribution in [1.29, 1.82) is 0 Å². The van der Waals surface area contributed by atoms with E-state index in [-0.39, 0.29) is 11.7 Å². The van der Waals surface area contributed by atoms with Gasteiger partial charge in [0.15, 0.2) is 5.78 Å². The molecule has 1 atom stereocenters. The van der Waals surface area contributed by atoms with Crippen LogP contribution in [0.5, 0.6) is 0 Å². The fourth-order valence-corrected chi connectivity index (χ4v) is 2.56. The lowest BCUT2D eigenvalue weighted by Gasteiger charge is -2.29. The highest BCUT2D eigenvalue weighted by Gasteiger charge is 2.20. The molecule has 0 spiro atoms. The largest absolute Gasteiger partial charge is 0.314 e. The topological polar surface area (TPSA) is 32.3 Å². The summed E-state index contributed by atoms with van der Waals surface area (Å²) in [5.41, 5.74) is 1.73. The summed E-state index contributed by atoms with van der Waals surface area (Å²) in [5.74, 6) is 0.233. The third-order valence-electron chi connectivity index (χ3n) is 3.63. The molecule has 1 aliphatic rings. The van der Waals surface area contributed by atoms with Gasteiger partial charge in [0.2, 0.25) is 0 Å². The molecule has 0 radical (unpaired) electrons. The zero-order chi connectivity index (χ0) is 13.8. The molecule has 104 valence electrons. The lowest BCUT2D eigenvalue weighted by molar-refractivity contribution is 0.0887. The quantitative estimate of drug-likeness (QED) is 0.860. The maximum Gasteiger partial charge on any atom is 0.166 e. The van der Waals surface area contributed by atoms with Gasteiger partial charge in [0.25, 0.3) is 0 Å². The number of hydrogen-bond acceptors (Lipinski definition) is 3. The third-order valence-corrected chi connectivity index (χ3v) is 4.06. The highest BCUT2D eigenvalue weighted by atomic mass is 35.5. The zero-order valence-corrected chi connectivity index (χ0v) is 12.3. The van der Waals surface area contributed by atoms with Crippen LogP contribution < -0.4 is 5.32 Å². The van der Waals surface area contributed by atoms with E-state index in [9.17, 15) is 4.79 Å². The Morgan fingerprint density at radius 1 is 1.42 bits per heavy atom. The number of nitrogens with one attached hydrogen (secondary N) is 1. The van der Waals surface area contributed by atoms with Crippen LogP contribution in [0, 0.1) is 12.8 Å². The van der Waals surface area contributed by atoms with Gasteiger partial charge in [-0.2, -0.15) is 0 Å². The summed E-state index contributed by atoms with van der Waals surface area (Å²) >= 11 is 5.99. The molecular weight excluding hydrogens is 260 g/mol. The number of Topliss-reactive ketones (excluding diaryl/α,β-unsaturated/α-hetero) is 1. The Morgan fingerprint density at radius 3 is 2.74 bits per heavy atom. The molecule has 4 heteroatoms. The molecule has 1 saturated heterocycles. The first-order chi connectivity index (χ1) is 9.08. The van der Waals surface area contributed by atoms with Crippen molar-refractivity contribution in [3.05, 3.63) is 34.3 Å². The molecule has 1 aromatic rings. The van der Waals surface area contributed by atoms with Gasteiger partial charge in [0, 0.05) is 49.2 Å². The summed E-state index contributed by atoms with van der Waals surface area (Å²) in [6, 6.07) is 5.52. The molecule has 0 aliphatic carbocycles. The number of benzene rings is 1. The number of hydrogen-bond donors (Lipinski definition) is 1. The number of ketones is 1. The number of halogens is 1. The SMILES string of the molecule is Cc1cc(C(=O)C(C)CN2CCNCC2)ccc1Cl. The van der Waals surface area contributed by atoms with Gasteiger partial charge in [-0.3, -0.25) is 4.79 Å². The van der Waals surface area contributed by atoms with Crippen molar-refractivity contribution in [3.8, 4) is 0 Å². The van der Waals surface area contributed by atoms with E-state index in [1.54, 1.807) is 0 Å². The van der Waals surface area contributed by atoms with Crippen LogP contribution in [-0.4, -0.2) is 43.4 Å². The van der Waals surface area contributed by atoms with Crippen LogP contribution >= 0.6 is 11.6 Å². The fraction of sp³-hybridized carbons (Fsp3) is 0.533. The molecular formula is C15H21ClN2O. The van der Waals surface area contributed by atoms with Crippen LogP contribution in [0.3, 0.4) is 0 Å². The lowest BCUT2D eigenvalue weighted by Crippen LogP contribution is -2.45. The molecule has 1 fully saturated rings. The second kappa shape index (κ2) is 6.51. The molecule has 0 saturated carbocycles. The minimum atomic E-state index is 0.0266. The average molecular weight is 281 g/mol. The molecule has 1 aliphatic heterocycles. The van der Waals surface area contributed by atoms with Gasteiger partial charge in [0.1, 0.15) is 0 Å². The number of aryl methyl sites for hydroxylation is 1. The normalized spacial score (nSPS) is 18.3. The van der Waals surface area contributed by atoms with Gasteiger partial charge < -0.3 is 10.2 Å². The maximum absolute atomic E-state index is 12.4. The van der Waals surface area contributed by atoms with Crippen molar-refractivity contribution in [1.82, 2.24) is 10.2 Å². The first-order valence-corrected chi connectivity index (χ1v) is 7.19. The van der Waals surface area contributed by atoms with Crippen LogP contribution in [0.1, 0.15) is 22.8 Å². The molecule has 19 heavy (non-hydrogen) atoms. The summed E-state index contributed by atoms with van der Waals surface area (Å²) in [6.07, 6.45) is 0. The van der Waals surface area contributed by atoms with Gasteiger partial charge in [-0.25, -0.2) is 0 Å². The third kappa shape index (κ3) is 3.78. The van der Waals surface area contributed by atoms with Crippen molar-refractivity contribution < 1.29 is 4.79 Å². The predicted molar refractivity (Wildman–Crippen MR) is 79.0 cm³/mol. The summed E-state index contributed by atoms with van der Waals surface area (Å²) in [4.78, 5) is 14.7. The van der Waals surface area contributed by atoms with Crippen molar-refractivity contribution in [2.24, 2.45) is 5.92 Å². The molecule has 2 rings (SSSR count). The molecule has 1 aromatic carbocycles. The summed E-state index contributed by atoms with van der Waals surface area (Å²) < 4.78 is 0. The van der Waals surface area contributed by atoms with Crippen LogP contribution in [0.15, 0.2) is 18.2 Å². The molecule has 0 amide bonds. The van der Waals surface area contributed by atoms with Crippen molar-refractivity contribution >= 4 is 17.4 Å². The second-order valence-corrected chi connectivity index (χ2v) is 5.69. The van der Waals surface area contributed by atoms with E-state index in [4.69, 9.17) is 11.6 Å². The van der Waals surface area contributed by atoms with Crippen LogP contribution in [0.2, 0.25) is 5.02 Å². The summed E-state index contributed by atoms with van der Waals surface area (Å²) in [6.45, 7) is 8.85. The zero-order valence-electron chi connectivity index (χ0n) is 11.6. The van der Waals surface area contributed by atoms with Gasteiger partial charge in [0.05, 0.1) is 0 Å². The number of nitrogens with zero attached hydrogens (tertiary/aromatic N) is 1. The Balaban J connectivity index is 1.99. The fourth-order valence-electron chi connectivity index (χ4n) is 2.45. The second-order valence-electron chi connectivity index (χ2n) is 5.28. The summed E-state index contributed by atoms with van der Waals surface area (Å²) in [5, 5.41) is 4.04. The molecule has 1 unspecified atom stereocenters. The Labute approximate surface area is 119 Å². The Morgan fingerprint density at radius 2 is 2.11 bits per heavy atom. The van der Waals surface area contributed by atoms with Crippen molar-refractivity contribution in [2.75, 3.05) is 32.7 Å². The monoisotopic (exact) mass is 280 g/mol. The number of carbonyl (C=O) groups excluding carboxylic acids is 1. The Bertz CT molecular complexity index is 455. The number of carbonyl (C=O) groups is 1. The first-order valence-electron chi connectivity index (χ1n) is 6.81. The van der Waals surface area contributed by atoms with Gasteiger partial charge in [-0.05, 0) is 30.7 Å². The van der Waals surface area contributed by atoms with E-state index in [1.165, 1.54) is 0 Å². The lowest BCUT2D eigenvalue weighted by atomic mass is 9.97. The van der Waals surface area contributed by atoms with Crippen LogP contribution in [-0.2, 0) is 0 Å². The molecule has 0 aromatic heterocycles. The highest BCUT2D eigenvalue weighted by Crippen LogP contribution is 2.19. The predicted octanol–water partition coefficient (Wildman–Crippen LogP) is 2.37. The van der Waals surface area contributed by atoms with Gasteiger partial charge in [-0.15, -0.1) is 0 Å². The van der Waals surface area contributed by atoms with Gasteiger partial charge >= 0.3 is 0 Å². The standard InChI is InChI=1S/C15H21ClN2O/c1-11-9-13(3-4-14(11)16)15(19)12(2)10-18-7-5-17-6-8-18/h3-4,9,12,17H,5-8,10H2,1-2H3. The smallest absolute Gasteiger partial charge is 0.166 e. The highest BCUT2D eigenvalue weighted by molar-refractivity contribution is 6.31. The maximum atomic E-state index is 12.4. The Kier molecular flexibility index (Phi) is 4.97. The minimum Gasteiger partial charge on any atom is -0.314 e. The van der Waals surface area contributed by atoms with E-state index < -0.39 is 0 Å². The molecule has 1 heterocycles. The number of rotatable bonds is 4.